The molecule has 1 heterocycles. The predicted molar refractivity (Wildman–Crippen MR) is 68.8 cm³/mol. The molecule has 19 heavy (non-hydrogen) atoms. The van der Waals surface area contributed by atoms with E-state index in [-0.39, 0.29) is 16.6 Å². The van der Waals surface area contributed by atoms with Crippen LogP contribution in [0.25, 0.3) is 0 Å². The Morgan fingerprint density at radius 1 is 1.47 bits per heavy atom. The highest BCUT2D eigenvalue weighted by Crippen LogP contribution is 2.19. The first kappa shape index (κ1) is 14.0. The molecule has 1 aromatic carbocycles. The van der Waals surface area contributed by atoms with Crippen LogP contribution < -0.4 is 5.14 Å². The number of halogens is 2. The molecule has 8 heteroatoms. The van der Waals surface area contributed by atoms with Gasteiger partial charge in [-0.15, -0.1) is 0 Å². The van der Waals surface area contributed by atoms with Crippen LogP contribution in [-0.2, 0) is 16.6 Å². The van der Waals surface area contributed by atoms with Crippen LogP contribution in [0, 0.1) is 12.7 Å². The number of benzene rings is 1. The maximum absolute atomic E-state index is 12.9. The molecule has 0 aliphatic rings. The number of sulfonamides is 1. The van der Waals surface area contributed by atoms with Crippen molar-refractivity contribution in [3.05, 3.63) is 46.6 Å². The molecule has 102 valence electrons. The Balaban J connectivity index is 2.36. The van der Waals surface area contributed by atoms with Crippen molar-refractivity contribution in [2.24, 2.45) is 5.14 Å². The molecule has 0 spiro atoms. The number of aryl methyl sites for hydroxylation is 1. The van der Waals surface area contributed by atoms with E-state index in [0.717, 1.165) is 0 Å². The number of nitrogens with zero attached hydrogens (tertiary/aromatic N) is 2. The molecule has 0 amide bonds. The molecule has 0 bridgehead atoms. The number of hydrogen-bond donors (Lipinski definition) is 1. The van der Waals surface area contributed by atoms with Gasteiger partial charge in [0.1, 0.15) is 11.6 Å². The van der Waals surface area contributed by atoms with Crippen LogP contribution in [0.2, 0.25) is 5.02 Å². The molecule has 0 radical (unpaired) electrons. The fourth-order valence-corrected chi connectivity index (χ4v) is 2.37. The van der Waals surface area contributed by atoms with Gasteiger partial charge in [0.05, 0.1) is 6.54 Å². The van der Waals surface area contributed by atoms with Crippen molar-refractivity contribution in [1.82, 2.24) is 9.55 Å². The van der Waals surface area contributed by atoms with Gasteiger partial charge in [-0.2, -0.15) is 0 Å². The predicted octanol–water partition coefficient (Wildman–Crippen LogP) is 1.68. The lowest BCUT2D eigenvalue weighted by Crippen LogP contribution is -2.12. The fraction of sp³-hybridized carbons (Fsp3) is 0.182. The molecule has 0 atom stereocenters. The Morgan fingerprint density at radius 2 is 2.16 bits per heavy atom. The van der Waals surface area contributed by atoms with E-state index in [4.69, 9.17) is 16.7 Å². The van der Waals surface area contributed by atoms with Crippen molar-refractivity contribution in [3.8, 4) is 0 Å². The average molecular weight is 304 g/mol. The van der Waals surface area contributed by atoms with Gasteiger partial charge in [0.2, 0.25) is 0 Å². The highest BCUT2D eigenvalue weighted by Gasteiger charge is 2.15. The minimum absolute atomic E-state index is 0.205. The number of aromatic nitrogens is 2. The van der Waals surface area contributed by atoms with Crippen LogP contribution >= 0.6 is 11.6 Å². The summed E-state index contributed by atoms with van der Waals surface area (Å²) in [6.07, 6.45) is 1.32. The van der Waals surface area contributed by atoms with E-state index < -0.39 is 15.8 Å². The monoisotopic (exact) mass is 303 g/mol. The summed E-state index contributed by atoms with van der Waals surface area (Å²) < 4.78 is 36.9. The number of hydrogen-bond acceptors (Lipinski definition) is 3. The lowest BCUT2D eigenvalue weighted by molar-refractivity contribution is 0.594. The van der Waals surface area contributed by atoms with E-state index >= 15 is 0 Å². The van der Waals surface area contributed by atoms with Gasteiger partial charge < -0.3 is 4.57 Å². The van der Waals surface area contributed by atoms with Crippen molar-refractivity contribution >= 4 is 21.6 Å². The zero-order chi connectivity index (χ0) is 14.2. The normalized spacial score (nSPS) is 11.8. The van der Waals surface area contributed by atoms with Crippen molar-refractivity contribution in [2.75, 3.05) is 0 Å². The van der Waals surface area contributed by atoms with Crippen molar-refractivity contribution in [3.63, 3.8) is 0 Å². The first-order valence-electron chi connectivity index (χ1n) is 5.28. The summed E-state index contributed by atoms with van der Waals surface area (Å²) in [4.78, 5) is 3.86. The Kier molecular flexibility index (Phi) is 3.62. The SMILES string of the molecule is Cc1nc(S(N)(=O)=O)cn1Cc1ccc(F)cc1Cl. The lowest BCUT2D eigenvalue weighted by atomic mass is 10.2. The van der Waals surface area contributed by atoms with Crippen LogP contribution in [0.15, 0.2) is 29.4 Å². The van der Waals surface area contributed by atoms with Gasteiger partial charge >= 0.3 is 0 Å². The Bertz CT molecular complexity index is 728. The summed E-state index contributed by atoms with van der Waals surface area (Å²) in [5.41, 5.74) is 0.657. The first-order valence-corrected chi connectivity index (χ1v) is 7.20. The number of primary sulfonamides is 1. The summed E-state index contributed by atoms with van der Waals surface area (Å²) in [6.45, 7) is 1.93. The van der Waals surface area contributed by atoms with E-state index in [0.29, 0.717) is 11.4 Å². The standard InChI is InChI=1S/C11H11ClFN3O2S/c1-7-15-11(19(14,17)18)6-16(7)5-8-2-3-9(13)4-10(8)12/h2-4,6H,5H2,1H3,(H2,14,17,18). The maximum Gasteiger partial charge on any atom is 0.257 e. The fourth-order valence-electron chi connectivity index (χ4n) is 1.61. The number of rotatable bonds is 3. The zero-order valence-corrected chi connectivity index (χ0v) is 11.5. The van der Waals surface area contributed by atoms with Gasteiger partial charge in [-0.3, -0.25) is 0 Å². The third-order valence-electron chi connectivity index (χ3n) is 2.60. The van der Waals surface area contributed by atoms with Gasteiger partial charge in [0, 0.05) is 11.2 Å². The van der Waals surface area contributed by atoms with E-state index in [1.165, 1.54) is 24.4 Å². The average Bonchev–Trinajstić information content (AvgIpc) is 2.64. The summed E-state index contributed by atoms with van der Waals surface area (Å²) in [5, 5.41) is 5.07. The second-order valence-electron chi connectivity index (χ2n) is 4.03. The molecule has 0 unspecified atom stereocenters. The van der Waals surface area contributed by atoms with Crippen LogP contribution in [0.5, 0.6) is 0 Å². The summed E-state index contributed by atoms with van der Waals surface area (Å²) in [6, 6.07) is 4.02. The van der Waals surface area contributed by atoms with Crippen LogP contribution in [0.1, 0.15) is 11.4 Å². The van der Waals surface area contributed by atoms with Crippen LogP contribution in [0.3, 0.4) is 0 Å². The lowest BCUT2D eigenvalue weighted by Gasteiger charge is -2.06. The van der Waals surface area contributed by atoms with Crippen LogP contribution in [-0.4, -0.2) is 18.0 Å². The molecule has 0 aliphatic carbocycles. The molecule has 2 rings (SSSR count). The van der Waals surface area contributed by atoms with Crippen LogP contribution in [0.4, 0.5) is 4.39 Å². The minimum atomic E-state index is -3.84. The van der Waals surface area contributed by atoms with Gasteiger partial charge in [-0.1, -0.05) is 17.7 Å². The van der Waals surface area contributed by atoms with Gasteiger partial charge in [0.15, 0.2) is 5.03 Å². The molecule has 0 saturated carbocycles. The smallest absolute Gasteiger partial charge is 0.257 e. The first-order chi connectivity index (χ1) is 8.77. The van der Waals surface area contributed by atoms with E-state index in [9.17, 15) is 12.8 Å². The third kappa shape index (κ3) is 3.12. The van der Waals surface area contributed by atoms with Gasteiger partial charge in [0.25, 0.3) is 10.0 Å². The van der Waals surface area contributed by atoms with E-state index in [2.05, 4.69) is 4.98 Å². The molecular weight excluding hydrogens is 293 g/mol. The summed E-state index contributed by atoms with van der Waals surface area (Å²) in [5.74, 6) is 0.0470. The maximum atomic E-state index is 12.9. The van der Waals surface area contributed by atoms with E-state index in [1.807, 2.05) is 0 Å². The van der Waals surface area contributed by atoms with Crippen molar-refractivity contribution in [1.29, 1.82) is 0 Å². The van der Waals surface area contributed by atoms with Crippen molar-refractivity contribution < 1.29 is 12.8 Å². The van der Waals surface area contributed by atoms with Crippen molar-refractivity contribution in [2.45, 2.75) is 18.5 Å². The minimum Gasteiger partial charge on any atom is -0.329 e. The second kappa shape index (κ2) is 4.92. The highest BCUT2D eigenvalue weighted by atomic mass is 35.5. The number of imidazole rings is 1. The van der Waals surface area contributed by atoms with Gasteiger partial charge in [-0.25, -0.2) is 22.9 Å². The number of nitrogens with two attached hydrogens (primary N) is 1. The zero-order valence-electron chi connectivity index (χ0n) is 9.97. The molecule has 2 aromatic rings. The molecule has 0 fully saturated rings. The second-order valence-corrected chi connectivity index (χ2v) is 5.95. The highest BCUT2D eigenvalue weighted by molar-refractivity contribution is 7.89. The van der Waals surface area contributed by atoms with Gasteiger partial charge in [-0.05, 0) is 24.6 Å². The molecular formula is C11H11ClFN3O2S. The molecule has 5 nitrogen and oxygen atoms in total. The largest absolute Gasteiger partial charge is 0.329 e. The van der Waals surface area contributed by atoms with E-state index in [1.54, 1.807) is 11.5 Å². The molecule has 0 saturated heterocycles. The Labute approximate surface area is 114 Å². The quantitative estimate of drug-likeness (QED) is 0.937. The third-order valence-corrected chi connectivity index (χ3v) is 3.73. The Hall–Kier alpha value is -1.44. The summed E-state index contributed by atoms with van der Waals surface area (Å²) >= 11 is 5.91. The summed E-state index contributed by atoms with van der Waals surface area (Å²) in [7, 11) is -3.84. The molecule has 2 N–H and O–H groups in total. The molecule has 1 aromatic heterocycles. The molecule has 0 aliphatic heterocycles. The topological polar surface area (TPSA) is 78.0 Å². The Morgan fingerprint density at radius 3 is 2.68 bits per heavy atom.